The molecule has 0 saturated carbocycles. The van der Waals surface area contributed by atoms with Crippen molar-refractivity contribution < 1.29 is 4.79 Å². The van der Waals surface area contributed by atoms with Crippen molar-refractivity contribution in [2.24, 2.45) is 4.99 Å². The van der Waals surface area contributed by atoms with Gasteiger partial charge in [0, 0.05) is 13.1 Å². The van der Waals surface area contributed by atoms with Gasteiger partial charge in [-0.15, -0.1) is 0 Å². The highest BCUT2D eigenvalue weighted by Gasteiger charge is 2.15. The second kappa shape index (κ2) is 5.38. The molecule has 17 heavy (non-hydrogen) atoms. The average molecular weight is 272 g/mol. The minimum absolute atomic E-state index is 0.297. The summed E-state index contributed by atoms with van der Waals surface area (Å²) in [6, 6.07) is 5.07. The van der Waals surface area contributed by atoms with Crippen LogP contribution < -0.4 is 10.6 Å². The van der Waals surface area contributed by atoms with Gasteiger partial charge in [0.05, 0.1) is 15.7 Å². The molecule has 0 atom stereocenters. The zero-order chi connectivity index (χ0) is 12.3. The fourth-order valence-corrected chi connectivity index (χ4v) is 1.81. The number of amides is 1. The molecule has 0 fully saturated rings. The molecular weight excluding hydrogens is 261 g/mol. The minimum Gasteiger partial charge on any atom is -0.366 e. The molecule has 1 aromatic rings. The van der Waals surface area contributed by atoms with Crippen molar-refractivity contribution in [1.82, 2.24) is 5.32 Å². The van der Waals surface area contributed by atoms with Crippen molar-refractivity contribution in [2.45, 2.75) is 6.42 Å². The molecule has 0 saturated heterocycles. The van der Waals surface area contributed by atoms with Crippen molar-refractivity contribution in [3.8, 4) is 0 Å². The third kappa shape index (κ3) is 2.90. The molecule has 2 N–H and O–H groups in total. The Morgan fingerprint density at radius 2 is 2.24 bits per heavy atom. The maximum atomic E-state index is 11.8. The molecule has 1 heterocycles. The molecule has 90 valence electrons. The van der Waals surface area contributed by atoms with Gasteiger partial charge in [0.25, 0.3) is 5.91 Å². The first kappa shape index (κ1) is 12.2. The van der Waals surface area contributed by atoms with Crippen LogP contribution in [0.3, 0.4) is 0 Å². The van der Waals surface area contributed by atoms with Crippen LogP contribution in [0.25, 0.3) is 0 Å². The van der Waals surface area contributed by atoms with Gasteiger partial charge in [-0.2, -0.15) is 0 Å². The molecule has 1 aliphatic heterocycles. The van der Waals surface area contributed by atoms with Crippen LogP contribution in [0.4, 0.5) is 5.69 Å². The van der Waals surface area contributed by atoms with Crippen LogP contribution >= 0.6 is 23.2 Å². The van der Waals surface area contributed by atoms with Gasteiger partial charge < -0.3 is 10.6 Å². The maximum Gasteiger partial charge on any atom is 0.290 e. The number of hydrogen-bond donors (Lipinski definition) is 2. The SMILES string of the molecule is O=C(Nc1cccc(Cl)c1Cl)C1=NCCCN1. The highest BCUT2D eigenvalue weighted by Crippen LogP contribution is 2.29. The van der Waals surface area contributed by atoms with Gasteiger partial charge in [0.1, 0.15) is 0 Å². The first-order chi connectivity index (χ1) is 8.18. The van der Waals surface area contributed by atoms with E-state index in [0.717, 1.165) is 13.0 Å². The zero-order valence-electron chi connectivity index (χ0n) is 8.96. The molecular formula is C11H11Cl2N3O. The van der Waals surface area contributed by atoms with Gasteiger partial charge in [-0.1, -0.05) is 29.3 Å². The smallest absolute Gasteiger partial charge is 0.290 e. The molecule has 0 bridgehead atoms. The molecule has 0 unspecified atom stereocenters. The van der Waals surface area contributed by atoms with Crippen molar-refractivity contribution in [3.05, 3.63) is 28.2 Å². The zero-order valence-corrected chi connectivity index (χ0v) is 10.5. The Morgan fingerprint density at radius 3 is 2.94 bits per heavy atom. The summed E-state index contributed by atoms with van der Waals surface area (Å²) >= 11 is 11.8. The number of carbonyl (C=O) groups is 1. The maximum absolute atomic E-state index is 11.8. The number of carbonyl (C=O) groups excluding carboxylic acids is 1. The number of halogens is 2. The summed E-state index contributed by atoms with van der Waals surface area (Å²) in [5.41, 5.74) is 0.485. The van der Waals surface area contributed by atoms with Gasteiger partial charge in [-0.25, -0.2) is 0 Å². The van der Waals surface area contributed by atoms with E-state index in [-0.39, 0.29) is 5.91 Å². The summed E-state index contributed by atoms with van der Waals surface area (Å²) in [6.07, 6.45) is 0.939. The standard InChI is InChI=1S/C11H11Cl2N3O/c12-7-3-1-4-8(9(7)13)16-11(17)10-14-5-2-6-15-10/h1,3-4H,2,5-6H2,(H,14,15)(H,16,17). The van der Waals surface area contributed by atoms with Crippen LogP contribution in [-0.2, 0) is 4.79 Å². The van der Waals surface area contributed by atoms with E-state index in [2.05, 4.69) is 15.6 Å². The number of nitrogens with zero attached hydrogens (tertiary/aromatic N) is 1. The highest BCUT2D eigenvalue weighted by atomic mass is 35.5. The van der Waals surface area contributed by atoms with Gasteiger partial charge in [0.15, 0.2) is 5.84 Å². The lowest BCUT2D eigenvalue weighted by Crippen LogP contribution is -2.39. The van der Waals surface area contributed by atoms with Crippen LogP contribution in [0.5, 0.6) is 0 Å². The molecule has 2 rings (SSSR count). The predicted molar refractivity (Wildman–Crippen MR) is 70.0 cm³/mol. The Hall–Kier alpha value is -1.26. The number of aliphatic imine (C=N–C) groups is 1. The minimum atomic E-state index is -0.297. The van der Waals surface area contributed by atoms with Crippen molar-refractivity contribution in [1.29, 1.82) is 0 Å². The van der Waals surface area contributed by atoms with Crippen molar-refractivity contribution in [3.63, 3.8) is 0 Å². The Morgan fingerprint density at radius 1 is 1.41 bits per heavy atom. The molecule has 1 amide bonds. The van der Waals surface area contributed by atoms with E-state index in [1.807, 2.05) is 0 Å². The molecule has 0 aromatic heterocycles. The first-order valence-corrected chi connectivity index (χ1v) is 5.98. The van der Waals surface area contributed by atoms with E-state index in [1.165, 1.54) is 0 Å². The second-order valence-electron chi connectivity index (χ2n) is 3.57. The van der Waals surface area contributed by atoms with Gasteiger partial charge in [-0.3, -0.25) is 9.79 Å². The number of nitrogens with one attached hydrogen (secondary N) is 2. The second-order valence-corrected chi connectivity index (χ2v) is 4.35. The molecule has 0 spiro atoms. The third-order valence-corrected chi connectivity index (χ3v) is 3.13. The largest absolute Gasteiger partial charge is 0.366 e. The molecule has 4 nitrogen and oxygen atoms in total. The van der Waals surface area contributed by atoms with E-state index >= 15 is 0 Å². The molecule has 1 aliphatic rings. The molecule has 0 radical (unpaired) electrons. The highest BCUT2D eigenvalue weighted by molar-refractivity contribution is 6.46. The fraction of sp³-hybridized carbons (Fsp3) is 0.273. The predicted octanol–water partition coefficient (Wildman–Crippen LogP) is 2.32. The average Bonchev–Trinajstić information content (AvgIpc) is 2.36. The van der Waals surface area contributed by atoms with E-state index < -0.39 is 0 Å². The molecule has 1 aromatic carbocycles. The van der Waals surface area contributed by atoms with Crippen LogP contribution in [0.1, 0.15) is 6.42 Å². The lowest BCUT2D eigenvalue weighted by Gasteiger charge is -2.14. The molecule has 0 aliphatic carbocycles. The van der Waals surface area contributed by atoms with E-state index in [1.54, 1.807) is 18.2 Å². The fourth-order valence-electron chi connectivity index (χ4n) is 1.47. The van der Waals surface area contributed by atoms with Crippen LogP contribution in [0.15, 0.2) is 23.2 Å². The van der Waals surface area contributed by atoms with Crippen LogP contribution in [0, 0.1) is 0 Å². The third-order valence-electron chi connectivity index (χ3n) is 2.31. The van der Waals surface area contributed by atoms with E-state index in [0.29, 0.717) is 28.1 Å². The lowest BCUT2D eigenvalue weighted by molar-refractivity contribution is -0.110. The Balaban J connectivity index is 2.13. The summed E-state index contributed by atoms with van der Waals surface area (Å²) in [5, 5.41) is 6.35. The topological polar surface area (TPSA) is 53.5 Å². The summed E-state index contributed by atoms with van der Waals surface area (Å²) in [4.78, 5) is 15.9. The van der Waals surface area contributed by atoms with Crippen molar-refractivity contribution >= 4 is 40.6 Å². The Bertz CT molecular complexity index is 474. The Labute approximate surface area is 109 Å². The number of benzene rings is 1. The number of hydrogen-bond acceptors (Lipinski definition) is 3. The summed E-state index contributed by atoms with van der Waals surface area (Å²) in [6.45, 7) is 1.43. The summed E-state index contributed by atoms with van der Waals surface area (Å²) in [5.74, 6) is 0.0427. The Kier molecular flexibility index (Phi) is 3.86. The summed E-state index contributed by atoms with van der Waals surface area (Å²) in [7, 11) is 0. The molecule has 6 heteroatoms. The van der Waals surface area contributed by atoms with Crippen LogP contribution in [-0.4, -0.2) is 24.8 Å². The summed E-state index contributed by atoms with van der Waals surface area (Å²) < 4.78 is 0. The van der Waals surface area contributed by atoms with Gasteiger partial charge >= 0.3 is 0 Å². The van der Waals surface area contributed by atoms with Crippen molar-refractivity contribution in [2.75, 3.05) is 18.4 Å². The lowest BCUT2D eigenvalue weighted by atomic mass is 10.3. The van der Waals surface area contributed by atoms with Crippen LogP contribution in [0.2, 0.25) is 10.0 Å². The normalized spacial score (nSPS) is 14.8. The number of amidine groups is 1. The van der Waals surface area contributed by atoms with Gasteiger partial charge in [0.2, 0.25) is 0 Å². The van der Waals surface area contributed by atoms with E-state index in [4.69, 9.17) is 23.2 Å². The number of rotatable bonds is 2. The van der Waals surface area contributed by atoms with Gasteiger partial charge in [-0.05, 0) is 18.6 Å². The van der Waals surface area contributed by atoms with E-state index in [9.17, 15) is 4.79 Å². The first-order valence-electron chi connectivity index (χ1n) is 5.22. The monoisotopic (exact) mass is 271 g/mol. The quantitative estimate of drug-likeness (QED) is 0.868. The number of anilines is 1.